The molecule has 29 heavy (non-hydrogen) atoms. The standard InChI is InChI=1S/C22H22N2O4S/c1-19-10-12-21(13-11-19)29(26,27)24(15-5-9-20-7-3-2-4-8-20)16-6-14-23-17-18-28-22(23)25/h2-5,7-13H,15-18H2,1H3/b9-5+. The largest absolute Gasteiger partial charge is 0.447 e. The Morgan fingerprint density at radius 2 is 1.86 bits per heavy atom. The third-order valence-electron chi connectivity index (χ3n) is 4.31. The van der Waals surface area contributed by atoms with Crippen molar-refractivity contribution in [2.75, 3.05) is 26.2 Å². The molecule has 1 aliphatic heterocycles. The van der Waals surface area contributed by atoms with Gasteiger partial charge >= 0.3 is 6.09 Å². The van der Waals surface area contributed by atoms with Crippen LogP contribution in [0.15, 0.2) is 65.6 Å². The van der Waals surface area contributed by atoms with E-state index in [4.69, 9.17) is 4.74 Å². The lowest BCUT2D eigenvalue weighted by atomic mass is 10.2. The summed E-state index contributed by atoms with van der Waals surface area (Å²) in [5.74, 6) is 2.78. The third kappa shape index (κ3) is 5.47. The van der Waals surface area contributed by atoms with Gasteiger partial charge < -0.3 is 4.74 Å². The molecule has 0 N–H and O–H groups in total. The predicted octanol–water partition coefficient (Wildman–Crippen LogP) is 3.11. The fraction of sp³-hybridized carbons (Fsp3) is 0.227. The molecule has 0 atom stereocenters. The number of aryl methyl sites for hydroxylation is 1. The molecule has 2 aromatic carbocycles. The third-order valence-corrected chi connectivity index (χ3v) is 6.13. The number of nitrogens with zero attached hydrogens (tertiary/aromatic N) is 2. The normalized spacial score (nSPS) is 14.1. The van der Waals surface area contributed by atoms with Crippen molar-refractivity contribution >= 4 is 22.2 Å². The van der Waals surface area contributed by atoms with Gasteiger partial charge in [-0.05, 0) is 24.6 Å². The Morgan fingerprint density at radius 3 is 2.52 bits per heavy atom. The van der Waals surface area contributed by atoms with Crippen molar-refractivity contribution in [1.82, 2.24) is 9.21 Å². The average Bonchev–Trinajstić information content (AvgIpc) is 3.12. The topological polar surface area (TPSA) is 66.9 Å². The molecule has 1 heterocycles. The second kappa shape index (κ2) is 9.41. The first kappa shape index (κ1) is 20.6. The fourth-order valence-corrected chi connectivity index (χ4v) is 3.99. The van der Waals surface area contributed by atoms with Gasteiger partial charge in [0.05, 0.1) is 18.0 Å². The highest BCUT2D eigenvalue weighted by atomic mass is 32.2. The Bertz CT molecular complexity index is 1040. The average molecular weight is 410 g/mol. The lowest BCUT2D eigenvalue weighted by Crippen LogP contribution is -2.32. The quantitative estimate of drug-likeness (QED) is 0.687. The summed E-state index contributed by atoms with van der Waals surface area (Å²) in [7, 11) is -3.74. The van der Waals surface area contributed by atoms with Crippen molar-refractivity contribution in [2.45, 2.75) is 11.8 Å². The van der Waals surface area contributed by atoms with Gasteiger partial charge in [0.15, 0.2) is 0 Å². The maximum atomic E-state index is 13.1. The molecule has 6 nitrogen and oxygen atoms in total. The SMILES string of the molecule is Cc1ccc(S(=O)(=O)N(CC#CN2CCOC2=O)C/C=C/c2ccccc2)cc1. The molecule has 1 aliphatic rings. The van der Waals surface area contributed by atoms with Crippen LogP contribution < -0.4 is 0 Å². The monoisotopic (exact) mass is 410 g/mol. The van der Waals surface area contributed by atoms with E-state index >= 15 is 0 Å². The first-order chi connectivity index (χ1) is 14.0. The van der Waals surface area contributed by atoms with E-state index in [1.807, 2.05) is 43.3 Å². The molecule has 1 fully saturated rings. The Kier molecular flexibility index (Phi) is 6.70. The zero-order valence-electron chi connectivity index (χ0n) is 16.1. The molecule has 0 spiro atoms. The van der Waals surface area contributed by atoms with Crippen LogP contribution in [0.25, 0.3) is 6.08 Å². The van der Waals surface area contributed by atoms with Crippen LogP contribution in [0.3, 0.4) is 0 Å². The van der Waals surface area contributed by atoms with Crippen molar-refractivity contribution in [3.8, 4) is 12.0 Å². The number of amides is 1. The van der Waals surface area contributed by atoms with Crippen molar-refractivity contribution in [2.24, 2.45) is 0 Å². The van der Waals surface area contributed by atoms with E-state index in [-0.39, 0.29) is 18.0 Å². The predicted molar refractivity (Wildman–Crippen MR) is 111 cm³/mol. The highest BCUT2D eigenvalue weighted by Gasteiger charge is 2.23. The Labute approximate surface area is 171 Å². The van der Waals surface area contributed by atoms with Gasteiger partial charge in [-0.1, -0.05) is 66.1 Å². The lowest BCUT2D eigenvalue weighted by Gasteiger charge is -2.18. The maximum absolute atomic E-state index is 13.1. The number of cyclic esters (lactones) is 1. The molecule has 2 aromatic rings. The number of ether oxygens (including phenoxy) is 1. The molecular formula is C22H22N2O4S. The number of carbonyl (C=O) groups is 1. The van der Waals surface area contributed by atoms with E-state index in [1.54, 1.807) is 30.3 Å². The van der Waals surface area contributed by atoms with Gasteiger partial charge in [-0.2, -0.15) is 4.31 Å². The molecule has 150 valence electrons. The fourth-order valence-electron chi connectivity index (χ4n) is 2.69. The molecule has 1 amide bonds. The number of benzene rings is 2. The van der Waals surface area contributed by atoms with Crippen molar-refractivity contribution in [1.29, 1.82) is 0 Å². The summed E-state index contributed by atoms with van der Waals surface area (Å²) in [4.78, 5) is 12.9. The molecule has 0 saturated carbocycles. The summed E-state index contributed by atoms with van der Waals surface area (Å²) >= 11 is 0. The van der Waals surface area contributed by atoms with Gasteiger partial charge in [0.2, 0.25) is 10.0 Å². The van der Waals surface area contributed by atoms with Crippen molar-refractivity contribution in [3.63, 3.8) is 0 Å². The van der Waals surface area contributed by atoms with Crippen LogP contribution in [-0.2, 0) is 14.8 Å². The van der Waals surface area contributed by atoms with E-state index < -0.39 is 16.1 Å². The Morgan fingerprint density at radius 1 is 1.14 bits per heavy atom. The summed E-state index contributed by atoms with van der Waals surface area (Å²) in [5, 5.41) is 0. The minimum Gasteiger partial charge on any atom is -0.447 e. The van der Waals surface area contributed by atoms with Crippen LogP contribution in [0.2, 0.25) is 0 Å². The van der Waals surface area contributed by atoms with E-state index in [2.05, 4.69) is 12.0 Å². The smallest absolute Gasteiger partial charge is 0.421 e. The maximum Gasteiger partial charge on any atom is 0.421 e. The number of carbonyl (C=O) groups excluding carboxylic acids is 1. The molecule has 0 radical (unpaired) electrons. The lowest BCUT2D eigenvalue weighted by molar-refractivity contribution is 0.167. The van der Waals surface area contributed by atoms with Crippen LogP contribution in [0.5, 0.6) is 0 Å². The number of rotatable bonds is 6. The van der Waals surface area contributed by atoms with Crippen LogP contribution >= 0.6 is 0 Å². The van der Waals surface area contributed by atoms with E-state index in [9.17, 15) is 13.2 Å². The van der Waals surface area contributed by atoms with E-state index in [0.717, 1.165) is 11.1 Å². The van der Waals surface area contributed by atoms with Crippen LogP contribution in [0.1, 0.15) is 11.1 Å². The first-order valence-electron chi connectivity index (χ1n) is 9.18. The summed E-state index contributed by atoms with van der Waals surface area (Å²) in [6.07, 6.45) is 3.14. The minimum atomic E-state index is -3.74. The molecule has 0 unspecified atom stereocenters. The molecule has 3 rings (SSSR count). The second-order valence-electron chi connectivity index (χ2n) is 6.48. The molecule has 7 heteroatoms. The van der Waals surface area contributed by atoms with Gasteiger partial charge in [0.1, 0.15) is 6.61 Å². The van der Waals surface area contributed by atoms with Crippen molar-refractivity contribution in [3.05, 3.63) is 71.8 Å². The summed E-state index contributed by atoms with van der Waals surface area (Å²) in [6.45, 7) is 2.68. The summed E-state index contributed by atoms with van der Waals surface area (Å²) in [5.41, 5.74) is 1.96. The first-order valence-corrected chi connectivity index (χ1v) is 10.6. The molecule has 1 saturated heterocycles. The number of sulfonamides is 1. The number of hydrogen-bond acceptors (Lipinski definition) is 4. The molecular weight excluding hydrogens is 388 g/mol. The van der Waals surface area contributed by atoms with Gasteiger partial charge in [0, 0.05) is 12.6 Å². The van der Waals surface area contributed by atoms with Crippen LogP contribution in [0, 0.1) is 18.9 Å². The zero-order chi connectivity index (χ0) is 20.7. The van der Waals surface area contributed by atoms with E-state index in [0.29, 0.717) is 13.2 Å². The highest BCUT2D eigenvalue weighted by molar-refractivity contribution is 7.89. The zero-order valence-corrected chi connectivity index (χ0v) is 16.9. The van der Waals surface area contributed by atoms with Gasteiger partial charge in [-0.15, -0.1) is 0 Å². The van der Waals surface area contributed by atoms with Gasteiger partial charge in [0.25, 0.3) is 0 Å². The highest BCUT2D eigenvalue weighted by Crippen LogP contribution is 2.16. The van der Waals surface area contributed by atoms with Crippen LogP contribution in [0.4, 0.5) is 4.79 Å². The van der Waals surface area contributed by atoms with Gasteiger partial charge in [-0.25, -0.2) is 18.1 Å². The summed E-state index contributed by atoms with van der Waals surface area (Å²) < 4.78 is 32.3. The number of hydrogen-bond donors (Lipinski definition) is 0. The summed E-state index contributed by atoms with van der Waals surface area (Å²) in [6, 6.07) is 19.0. The van der Waals surface area contributed by atoms with Gasteiger partial charge in [-0.3, -0.25) is 0 Å². The second-order valence-corrected chi connectivity index (χ2v) is 8.42. The van der Waals surface area contributed by atoms with E-state index in [1.165, 1.54) is 9.21 Å². The Balaban J connectivity index is 1.80. The minimum absolute atomic E-state index is 0.0425. The molecule has 0 aliphatic carbocycles. The molecule has 0 aromatic heterocycles. The van der Waals surface area contributed by atoms with Crippen molar-refractivity contribution < 1.29 is 17.9 Å². The van der Waals surface area contributed by atoms with Crippen LogP contribution in [-0.4, -0.2) is 50.0 Å². The Hall–Kier alpha value is -3.08. The molecule has 0 bridgehead atoms.